The molecule has 0 aliphatic heterocycles. The number of hydrazone groups is 1. The molecular formula is C22H19ClN4O5. The van der Waals surface area contributed by atoms with Gasteiger partial charge in [0.2, 0.25) is 0 Å². The number of carbonyl (C=O) groups is 2. The first-order valence-corrected chi connectivity index (χ1v) is 9.88. The van der Waals surface area contributed by atoms with Crippen LogP contribution in [-0.4, -0.2) is 29.0 Å². The maximum Gasteiger partial charge on any atom is 0.273 e. The number of amides is 2. The molecule has 2 aromatic carbocycles. The van der Waals surface area contributed by atoms with Crippen LogP contribution in [0.3, 0.4) is 0 Å². The molecule has 0 bridgehead atoms. The molecule has 3 aromatic rings. The first-order chi connectivity index (χ1) is 15.3. The highest BCUT2D eigenvalue weighted by molar-refractivity contribution is 6.33. The van der Waals surface area contributed by atoms with Crippen LogP contribution in [0.25, 0.3) is 11.3 Å². The molecule has 1 heterocycles. The van der Waals surface area contributed by atoms with Gasteiger partial charge in [-0.1, -0.05) is 35.9 Å². The van der Waals surface area contributed by atoms with Crippen LogP contribution >= 0.6 is 11.6 Å². The average Bonchev–Trinajstić information content (AvgIpc) is 3.22. The maximum atomic E-state index is 12.2. The second-order valence-electron chi connectivity index (χ2n) is 6.82. The van der Waals surface area contributed by atoms with Crippen molar-refractivity contribution >= 4 is 35.3 Å². The van der Waals surface area contributed by atoms with Gasteiger partial charge in [0, 0.05) is 17.2 Å². The van der Waals surface area contributed by atoms with Gasteiger partial charge in [0.15, 0.2) is 0 Å². The van der Waals surface area contributed by atoms with E-state index in [9.17, 15) is 19.7 Å². The highest BCUT2D eigenvalue weighted by Gasteiger charge is 2.18. The maximum absolute atomic E-state index is 12.2. The lowest BCUT2D eigenvalue weighted by Gasteiger charge is -2.12. The predicted octanol–water partition coefficient (Wildman–Crippen LogP) is 4.09. The molecule has 2 amide bonds. The Morgan fingerprint density at radius 2 is 1.91 bits per heavy atom. The van der Waals surface area contributed by atoms with Crippen molar-refractivity contribution in [3.8, 4) is 11.3 Å². The van der Waals surface area contributed by atoms with E-state index in [1.165, 1.54) is 19.2 Å². The minimum absolute atomic E-state index is 0.00537. The van der Waals surface area contributed by atoms with Crippen LogP contribution in [0.1, 0.15) is 28.6 Å². The van der Waals surface area contributed by atoms with Crippen molar-refractivity contribution in [3.05, 3.63) is 86.6 Å². The molecule has 0 fully saturated rings. The minimum atomic E-state index is -0.865. The van der Waals surface area contributed by atoms with Crippen LogP contribution in [0.2, 0.25) is 5.02 Å². The van der Waals surface area contributed by atoms with Gasteiger partial charge in [-0.15, -0.1) is 0 Å². The molecule has 3 rings (SSSR count). The zero-order valence-corrected chi connectivity index (χ0v) is 17.9. The molecule has 0 aliphatic rings. The standard InChI is InChI=1S/C22H19ClN4O5/c1-13-16(7-5-9-19(13)27(30)31)20-11-10-15(32-20)12-24-26-21(28)14(2)25-22(29)17-6-3-4-8-18(17)23/h3-12,14H,1-2H3,(H,25,29)(H,26,28)/b24-12-/t14-/m0/s1. The Bertz CT molecular complexity index is 1200. The third-order valence-electron chi connectivity index (χ3n) is 4.62. The SMILES string of the molecule is Cc1c(-c2ccc(/C=N\NC(=O)[C@H](C)NC(=O)c3ccccc3Cl)o2)cccc1[N+](=O)[O-]. The Morgan fingerprint density at radius 1 is 1.16 bits per heavy atom. The fourth-order valence-electron chi connectivity index (χ4n) is 2.90. The van der Waals surface area contributed by atoms with Crippen molar-refractivity contribution in [1.29, 1.82) is 0 Å². The molecule has 10 heteroatoms. The van der Waals surface area contributed by atoms with Crippen LogP contribution < -0.4 is 10.7 Å². The van der Waals surface area contributed by atoms with Crippen molar-refractivity contribution in [2.45, 2.75) is 19.9 Å². The van der Waals surface area contributed by atoms with Crippen molar-refractivity contribution < 1.29 is 18.9 Å². The summed E-state index contributed by atoms with van der Waals surface area (Å²) in [4.78, 5) is 35.1. The van der Waals surface area contributed by atoms with Gasteiger partial charge in [0.1, 0.15) is 17.6 Å². The highest BCUT2D eigenvalue weighted by atomic mass is 35.5. The second kappa shape index (κ2) is 9.88. The Morgan fingerprint density at radius 3 is 2.62 bits per heavy atom. The quantitative estimate of drug-likeness (QED) is 0.316. The summed E-state index contributed by atoms with van der Waals surface area (Å²) in [6.07, 6.45) is 1.29. The third kappa shape index (κ3) is 5.19. The molecule has 164 valence electrons. The van der Waals surface area contributed by atoms with E-state index in [1.807, 2.05) is 0 Å². The average molecular weight is 455 g/mol. The summed E-state index contributed by atoms with van der Waals surface area (Å²) in [5.41, 5.74) is 3.64. The van der Waals surface area contributed by atoms with E-state index >= 15 is 0 Å². The molecule has 2 N–H and O–H groups in total. The van der Waals surface area contributed by atoms with Gasteiger partial charge in [-0.2, -0.15) is 5.10 Å². The summed E-state index contributed by atoms with van der Waals surface area (Å²) in [6.45, 7) is 3.15. The van der Waals surface area contributed by atoms with E-state index in [0.717, 1.165) is 0 Å². The Labute approximate surface area is 188 Å². The summed E-state index contributed by atoms with van der Waals surface area (Å²) in [5.74, 6) is -0.258. The zero-order chi connectivity index (χ0) is 23.3. The number of hydrogen-bond donors (Lipinski definition) is 2. The monoisotopic (exact) mass is 454 g/mol. The van der Waals surface area contributed by atoms with Crippen LogP contribution in [-0.2, 0) is 4.79 Å². The van der Waals surface area contributed by atoms with Gasteiger partial charge in [0.05, 0.1) is 21.7 Å². The number of furan rings is 1. The van der Waals surface area contributed by atoms with Crippen LogP contribution in [0.5, 0.6) is 0 Å². The second-order valence-corrected chi connectivity index (χ2v) is 7.23. The lowest BCUT2D eigenvalue weighted by molar-refractivity contribution is -0.385. The number of benzene rings is 2. The highest BCUT2D eigenvalue weighted by Crippen LogP contribution is 2.30. The van der Waals surface area contributed by atoms with E-state index < -0.39 is 22.8 Å². The van der Waals surface area contributed by atoms with Crippen molar-refractivity contribution in [1.82, 2.24) is 10.7 Å². The number of halogens is 1. The molecule has 1 atom stereocenters. The fourth-order valence-corrected chi connectivity index (χ4v) is 3.12. The number of nitro benzene ring substituents is 1. The Kier molecular flexibility index (Phi) is 7.01. The van der Waals surface area contributed by atoms with Gasteiger partial charge >= 0.3 is 0 Å². The summed E-state index contributed by atoms with van der Waals surface area (Å²) >= 11 is 5.98. The molecule has 32 heavy (non-hydrogen) atoms. The van der Waals surface area contributed by atoms with Gasteiger partial charge in [0.25, 0.3) is 17.5 Å². The van der Waals surface area contributed by atoms with Gasteiger partial charge in [-0.05, 0) is 38.1 Å². The lowest BCUT2D eigenvalue weighted by Crippen LogP contribution is -2.43. The fraction of sp³-hybridized carbons (Fsp3) is 0.136. The smallest absolute Gasteiger partial charge is 0.273 e. The number of hydrogen-bond acceptors (Lipinski definition) is 6. The first-order valence-electron chi connectivity index (χ1n) is 9.50. The van der Waals surface area contributed by atoms with E-state index in [-0.39, 0.29) is 16.3 Å². The third-order valence-corrected chi connectivity index (χ3v) is 4.95. The molecule has 0 saturated heterocycles. The van der Waals surface area contributed by atoms with E-state index in [0.29, 0.717) is 22.6 Å². The van der Waals surface area contributed by atoms with E-state index in [2.05, 4.69) is 15.8 Å². The Balaban J connectivity index is 1.61. The topological polar surface area (TPSA) is 127 Å². The predicted molar refractivity (Wildman–Crippen MR) is 120 cm³/mol. The van der Waals surface area contributed by atoms with Crippen molar-refractivity contribution in [2.75, 3.05) is 0 Å². The number of rotatable bonds is 7. The molecule has 0 unspecified atom stereocenters. The Hall–Kier alpha value is -3.98. The van der Waals surface area contributed by atoms with Gasteiger partial charge in [-0.25, -0.2) is 5.43 Å². The number of nitrogens with one attached hydrogen (secondary N) is 2. The van der Waals surface area contributed by atoms with Crippen LogP contribution in [0.15, 0.2) is 64.1 Å². The molecule has 0 aliphatic carbocycles. The number of nitro groups is 1. The lowest BCUT2D eigenvalue weighted by atomic mass is 10.1. The summed E-state index contributed by atoms with van der Waals surface area (Å²) in [7, 11) is 0. The molecule has 9 nitrogen and oxygen atoms in total. The zero-order valence-electron chi connectivity index (χ0n) is 17.2. The van der Waals surface area contributed by atoms with E-state index in [4.69, 9.17) is 16.0 Å². The summed E-state index contributed by atoms with van der Waals surface area (Å²) in [5, 5.41) is 17.8. The summed E-state index contributed by atoms with van der Waals surface area (Å²) < 4.78 is 5.66. The molecule has 1 aromatic heterocycles. The van der Waals surface area contributed by atoms with Gasteiger partial charge < -0.3 is 9.73 Å². The number of nitrogens with zero attached hydrogens (tertiary/aromatic N) is 2. The largest absolute Gasteiger partial charge is 0.455 e. The molecule has 0 spiro atoms. The molecule has 0 saturated carbocycles. The van der Waals surface area contributed by atoms with E-state index in [1.54, 1.807) is 55.5 Å². The van der Waals surface area contributed by atoms with Crippen LogP contribution in [0.4, 0.5) is 5.69 Å². The minimum Gasteiger partial charge on any atom is -0.455 e. The van der Waals surface area contributed by atoms with Gasteiger partial charge in [-0.3, -0.25) is 19.7 Å². The number of carbonyl (C=O) groups excluding carboxylic acids is 2. The van der Waals surface area contributed by atoms with Crippen LogP contribution in [0, 0.1) is 17.0 Å². The normalized spacial score (nSPS) is 11.8. The van der Waals surface area contributed by atoms with Crippen molar-refractivity contribution in [2.24, 2.45) is 5.10 Å². The van der Waals surface area contributed by atoms with Crippen molar-refractivity contribution in [3.63, 3.8) is 0 Å². The molecular weight excluding hydrogens is 436 g/mol. The summed E-state index contributed by atoms with van der Waals surface area (Å²) in [6, 6.07) is 13.6. The first kappa shape index (κ1) is 22.7. The molecule has 0 radical (unpaired) electrons.